The fourth-order valence-corrected chi connectivity index (χ4v) is 2.51. The lowest BCUT2D eigenvalue weighted by atomic mass is 9.86. The van der Waals surface area contributed by atoms with Crippen LogP contribution in [0.3, 0.4) is 0 Å². The summed E-state index contributed by atoms with van der Waals surface area (Å²) in [6.45, 7) is 0. The van der Waals surface area contributed by atoms with Gasteiger partial charge in [0.2, 0.25) is 11.7 Å². The number of benzene rings is 1. The molecule has 0 radical (unpaired) electrons. The van der Waals surface area contributed by atoms with E-state index >= 15 is 0 Å². The van der Waals surface area contributed by atoms with Crippen molar-refractivity contribution in [2.45, 2.75) is 37.6 Å². The Morgan fingerprint density at radius 3 is 2.74 bits per heavy atom. The molecule has 3 rings (SSSR count). The quantitative estimate of drug-likeness (QED) is 0.902. The van der Waals surface area contributed by atoms with Gasteiger partial charge in [-0.1, -0.05) is 17.3 Å². The van der Waals surface area contributed by atoms with Gasteiger partial charge in [-0.3, -0.25) is 0 Å². The molecular weight excluding hydrogens is 245 g/mol. The minimum atomic E-state index is -0.299. The Kier molecular flexibility index (Phi) is 3.29. The second kappa shape index (κ2) is 5.09. The third-order valence-corrected chi connectivity index (χ3v) is 3.65. The van der Waals surface area contributed by atoms with Crippen LogP contribution in [0.1, 0.15) is 37.5 Å². The molecule has 1 aliphatic carbocycles. The highest BCUT2D eigenvalue weighted by atomic mass is 19.1. The number of nitrogens with zero attached hydrogens (tertiary/aromatic N) is 2. The summed E-state index contributed by atoms with van der Waals surface area (Å²) in [6, 6.07) is 6.51. The number of rotatable bonds is 2. The Hall–Kier alpha value is -1.75. The first kappa shape index (κ1) is 12.3. The number of nitrogens with two attached hydrogens (primary N) is 1. The van der Waals surface area contributed by atoms with Crippen LogP contribution in [0.5, 0.6) is 0 Å². The number of aromatic nitrogens is 2. The standard InChI is InChI=1S/C14H16FN3O/c15-11-3-1-2-10(8-11)13-17-14(19-18-13)9-4-6-12(16)7-5-9/h1-3,8-9,12H,4-7,16H2. The van der Waals surface area contributed by atoms with Crippen molar-refractivity contribution in [1.29, 1.82) is 0 Å². The lowest BCUT2D eigenvalue weighted by Crippen LogP contribution is -2.25. The molecule has 19 heavy (non-hydrogen) atoms. The summed E-state index contributed by atoms with van der Waals surface area (Å²) in [5.41, 5.74) is 6.52. The molecule has 0 bridgehead atoms. The molecule has 0 amide bonds. The van der Waals surface area contributed by atoms with E-state index in [4.69, 9.17) is 10.3 Å². The van der Waals surface area contributed by atoms with Gasteiger partial charge < -0.3 is 10.3 Å². The lowest BCUT2D eigenvalue weighted by molar-refractivity contribution is 0.301. The average Bonchev–Trinajstić information content (AvgIpc) is 2.89. The van der Waals surface area contributed by atoms with Crippen LogP contribution < -0.4 is 5.73 Å². The largest absolute Gasteiger partial charge is 0.339 e. The summed E-state index contributed by atoms with van der Waals surface area (Å²) in [5.74, 6) is 1.08. The van der Waals surface area contributed by atoms with Gasteiger partial charge in [0.25, 0.3) is 0 Å². The predicted molar refractivity (Wildman–Crippen MR) is 68.9 cm³/mol. The monoisotopic (exact) mass is 261 g/mol. The molecule has 1 aliphatic rings. The van der Waals surface area contributed by atoms with Crippen molar-refractivity contribution >= 4 is 0 Å². The Bertz CT molecular complexity index is 561. The third kappa shape index (κ3) is 2.66. The third-order valence-electron chi connectivity index (χ3n) is 3.65. The first-order valence-corrected chi connectivity index (χ1v) is 6.57. The van der Waals surface area contributed by atoms with Gasteiger partial charge in [0.1, 0.15) is 5.82 Å². The maximum Gasteiger partial charge on any atom is 0.230 e. The SMILES string of the molecule is NC1CCC(c2nc(-c3cccc(F)c3)no2)CC1. The fourth-order valence-electron chi connectivity index (χ4n) is 2.51. The van der Waals surface area contributed by atoms with E-state index in [1.165, 1.54) is 12.1 Å². The van der Waals surface area contributed by atoms with Crippen molar-refractivity contribution < 1.29 is 8.91 Å². The van der Waals surface area contributed by atoms with Gasteiger partial charge in [0, 0.05) is 17.5 Å². The zero-order chi connectivity index (χ0) is 13.2. The molecule has 2 N–H and O–H groups in total. The number of hydrogen-bond acceptors (Lipinski definition) is 4. The van der Waals surface area contributed by atoms with Gasteiger partial charge >= 0.3 is 0 Å². The minimum absolute atomic E-state index is 0.287. The molecule has 0 saturated heterocycles. The molecule has 1 aromatic heterocycles. The van der Waals surface area contributed by atoms with Crippen molar-refractivity contribution in [3.05, 3.63) is 36.0 Å². The second-order valence-electron chi connectivity index (χ2n) is 5.08. The summed E-state index contributed by atoms with van der Waals surface area (Å²) in [7, 11) is 0. The molecule has 5 heteroatoms. The Morgan fingerprint density at radius 2 is 2.00 bits per heavy atom. The summed E-state index contributed by atoms with van der Waals surface area (Å²) in [5, 5.41) is 3.94. The van der Waals surface area contributed by atoms with Crippen LogP contribution in [-0.2, 0) is 0 Å². The number of halogens is 1. The molecule has 0 atom stereocenters. The maximum atomic E-state index is 13.2. The van der Waals surface area contributed by atoms with Crippen LogP contribution >= 0.6 is 0 Å². The fraction of sp³-hybridized carbons (Fsp3) is 0.429. The van der Waals surface area contributed by atoms with Gasteiger partial charge in [-0.05, 0) is 37.8 Å². The Labute approximate surface area is 110 Å². The Morgan fingerprint density at radius 1 is 1.21 bits per heavy atom. The minimum Gasteiger partial charge on any atom is -0.339 e. The molecule has 0 aliphatic heterocycles. The molecular formula is C14H16FN3O. The molecule has 100 valence electrons. The first-order chi connectivity index (χ1) is 9.22. The smallest absolute Gasteiger partial charge is 0.230 e. The van der Waals surface area contributed by atoms with E-state index in [2.05, 4.69) is 10.1 Å². The highest BCUT2D eigenvalue weighted by molar-refractivity contribution is 5.53. The van der Waals surface area contributed by atoms with Crippen molar-refractivity contribution in [2.24, 2.45) is 5.73 Å². The highest BCUT2D eigenvalue weighted by Gasteiger charge is 2.25. The van der Waals surface area contributed by atoms with Gasteiger partial charge in [-0.2, -0.15) is 4.98 Å². The van der Waals surface area contributed by atoms with Crippen LogP contribution in [0.2, 0.25) is 0 Å². The molecule has 4 nitrogen and oxygen atoms in total. The summed E-state index contributed by atoms with van der Waals surface area (Å²) < 4.78 is 18.5. The van der Waals surface area contributed by atoms with Crippen molar-refractivity contribution in [2.75, 3.05) is 0 Å². The molecule has 1 fully saturated rings. The van der Waals surface area contributed by atoms with Crippen LogP contribution in [0.25, 0.3) is 11.4 Å². The predicted octanol–water partition coefficient (Wildman–Crippen LogP) is 2.86. The molecule has 1 aromatic carbocycles. The van der Waals surface area contributed by atoms with E-state index in [1.807, 2.05) is 0 Å². The Balaban J connectivity index is 1.80. The average molecular weight is 261 g/mol. The van der Waals surface area contributed by atoms with Crippen LogP contribution in [0.15, 0.2) is 28.8 Å². The number of hydrogen-bond donors (Lipinski definition) is 1. The van der Waals surface area contributed by atoms with Crippen molar-refractivity contribution in [1.82, 2.24) is 10.1 Å². The van der Waals surface area contributed by atoms with Gasteiger partial charge in [-0.15, -0.1) is 0 Å². The zero-order valence-corrected chi connectivity index (χ0v) is 10.6. The van der Waals surface area contributed by atoms with E-state index in [1.54, 1.807) is 12.1 Å². The molecule has 1 saturated carbocycles. The van der Waals surface area contributed by atoms with E-state index in [0.29, 0.717) is 23.3 Å². The van der Waals surface area contributed by atoms with Crippen LogP contribution in [0, 0.1) is 5.82 Å². The molecule has 1 heterocycles. The van der Waals surface area contributed by atoms with E-state index in [-0.39, 0.29) is 11.7 Å². The maximum absolute atomic E-state index is 13.2. The van der Waals surface area contributed by atoms with Crippen LogP contribution in [0.4, 0.5) is 4.39 Å². The van der Waals surface area contributed by atoms with E-state index < -0.39 is 0 Å². The van der Waals surface area contributed by atoms with Crippen molar-refractivity contribution in [3.8, 4) is 11.4 Å². The zero-order valence-electron chi connectivity index (χ0n) is 10.6. The first-order valence-electron chi connectivity index (χ1n) is 6.57. The summed E-state index contributed by atoms with van der Waals surface area (Å²) in [6.07, 6.45) is 3.93. The van der Waals surface area contributed by atoms with E-state index in [0.717, 1.165) is 25.7 Å². The lowest BCUT2D eigenvalue weighted by Gasteiger charge is -2.22. The molecule has 0 spiro atoms. The topological polar surface area (TPSA) is 64.9 Å². The summed E-state index contributed by atoms with van der Waals surface area (Å²) >= 11 is 0. The van der Waals surface area contributed by atoms with Gasteiger partial charge in [0.05, 0.1) is 0 Å². The van der Waals surface area contributed by atoms with Crippen molar-refractivity contribution in [3.63, 3.8) is 0 Å². The summed E-state index contributed by atoms with van der Waals surface area (Å²) in [4.78, 5) is 4.39. The van der Waals surface area contributed by atoms with Crippen LogP contribution in [-0.4, -0.2) is 16.2 Å². The van der Waals surface area contributed by atoms with E-state index in [9.17, 15) is 4.39 Å². The highest BCUT2D eigenvalue weighted by Crippen LogP contribution is 2.32. The van der Waals surface area contributed by atoms with Gasteiger partial charge in [0.15, 0.2) is 0 Å². The normalized spacial score (nSPS) is 23.5. The second-order valence-corrected chi connectivity index (χ2v) is 5.08. The molecule has 2 aromatic rings. The molecule has 0 unspecified atom stereocenters. The van der Waals surface area contributed by atoms with Gasteiger partial charge in [-0.25, -0.2) is 4.39 Å².